The summed E-state index contributed by atoms with van der Waals surface area (Å²) in [6.45, 7) is 2.06. The van der Waals surface area contributed by atoms with E-state index in [-0.39, 0.29) is 5.82 Å². The van der Waals surface area contributed by atoms with Gasteiger partial charge in [0.1, 0.15) is 11.6 Å². The van der Waals surface area contributed by atoms with E-state index in [2.05, 4.69) is 20.2 Å². The molecule has 0 N–H and O–H groups in total. The van der Waals surface area contributed by atoms with Crippen molar-refractivity contribution in [2.45, 2.75) is 19.6 Å². The highest BCUT2D eigenvalue weighted by molar-refractivity contribution is 5.67. The van der Waals surface area contributed by atoms with E-state index in [0.717, 1.165) is 40.6 Å². The van der Waals surface area contributed by atoms with Crippen molar-refractivity contribution in [2.75, 3.05) is 12.0 Å². The van der Waals surface area contributed by atoms with E-state index in [1.54, 1.807) is 19.2 Å². The van der Waals surface area contributed by atoms with E-state index in [1.807, 2.05) is 47.3 Å². The molecule has 1 aliphatic heterocycles. The minimum atomic E-state index is -0.231. The van der Waals surface area contributed by atoms with Crippen molar-refractivity contribution < 1.29 is 9.13 Å². The average Bonchev–Trinajstić information content (AvgIpc) is 3.37. The number of nitrogens with zero attached hydrogens (tertiary/aromatic N) is 5. The summed E-state index contributed by atoms with van der Waals surface area (Å²) >= 11 is 0. The lowest BCUT2D eigenvalue weighted by molar-refractivity contribution is 0.416. The van der Waals surface area contributed by atoms with Gasteiger partial charge in [-0.2, -0.15) is 5.10 Å². The molecule has 7 heteroatoms. The molecule has 0 fully saturated rings. The van der Waals surface area contributed by atoms with Gasteiger partial charge in [-0.05, 0) is 42.0 Å². The standard InChI is InChI=1S/C23H20FN5O/c1-30-22-5-3-2-4-19(22)20-10-11-23(27-26-20)28-14-17-12-25-29(21(17)15-28)13-16-6-8-18(24)9-7-16/h2-12H,13-15H2,1H3. The van der Waals surface area contributed by atoms with Crippen molar-refractivity contribution >= 4 is 5.82 Å². The SMILES string of the molecule is COc1ccccc1-c1ccc(N2Cc3cnn(Cc4ccc(F)cc4)c3C2)nn1. The van der Waals surface area contributed by atoms with Crippen molar-refractivity contribution in [3.8, 4) is 17.0 Å². The molecular weight excluding hydrogens is 381 g/mol. The van der Waals surface area contributed by atoms with Crippen molar-refractivity contribution in [3.05, 3.63) is 89.5 Å². The minimum Gasteiger partial charge on any atom is -0.496 e. The molecule has 150 valence electrons. The first-order valence-electron chi connectivity index (χ1n) is 9.71. The van der Waals surface area contributed by atoms with Gasteiger partial charge in [-0.25, -0.2) is 4.39 Å². The van der Waals surface area contributed by atoms with E-state index in [9.17, 15) is 4.39 Å². The van der Waals surface area contributed by atoms with Gasteiger partial charge in [-0.15, -0.1) is 10.2 Å². The summed E-state index contributed by atoms with van der Waals surface area (Å²) in [5.74, 6) is 1.36. The number of aromatic nitrogens is 4. The highest BCUT2D eigenvalue weighted by Crippen LogP contribution is 2.30. The number of anilines is 1. The van der Waals surface area contributed by atoms with Crippen LogP contribution in [-0.2, 0) is 19.6 Å². The summed E-state index contributed by atoms with van der Waals surface area (Å²) in [6, 6.07) is 18.3. The Kier molecular flexibility index (Phi) is 4.63. The second kappa shape index (κ2) is 7.59. The smallest absolute Gasteiger partial charge is 0.151 e. The molecular formula is C23H20FN5O. The maximum atomic E-state index is 13.2. The van der Waals surface area contributed by atoms with Crippen molar-refractivity contribution in [1.29, 1.82) is 0 Å². The van der Waals surface area contributed by atoms with Gasteiger partial charge in [0.05, 0.1) is 37.8 Å². The minimum absolute atomic E-state index is 0.231. The van der Waals surface area contributed by atoms with Gasteiger partial charge in [0, 0.05) is 17.7 Å². The number of methoxy groups -OCH3 is 1. The van der Waals surface area contributed by atoms with Crippen LogP contribution in [-0.4, -0.2) is 27.1 Å². The zero-order valence-corrected chi connectivity index (χ0v) is 16.5. The Morgan fingerprint density at radius 3 is 2.57 bits per heavy atom. The third-order valence-electron chi connectivity index (χ3n) is 5.34. The van der Waals surface area contributed by atoms with Crippen molar-refractivity contribution in [2.24, 2.45) is 0 Å². The molecule has 1 aliphatic rings. The van der Waals surface area contributed by atoms with E-state index in [4.69, 9.17) is 4.74 Å². The van der Waals surface area contributed by atoms with Crippen molar-refractivity contribution in [3.63, 3.8) is 0 Å². The van der Waals surface area contributed by atoms with E-state index in [0.29, 0.717) is 13.1 Å². The molecule has 0 saturated heterocycles. The Labute approximate surface area is 173 Å². The van der Waals surface area contributed by atoms with Gasteiger partial charge in [0.2, 0.25) is 0 Å². The molecule has 0 bridgehead atoms. The molecule has 0 radical (unpaired) electrons. The zero-order valence-electron chi connectivity index (χ0n) is 16.5. The first-order chi connectivity index (χ1) is 14.7. The predicted octanol–water partition coefficient (Wildman–Crippen LogP) is 4.06. The van der Waals surface area contributed by atoms with Gasteiger partial charge >= 0.3 is 0 Å². The molecule has 2 aromatic carbocycles. The first kappa shape index (κ1) is 18.3. The van der Waals surface area contributed by atoms with Crippen molar-refractivity contribution in [1.82, 2.24) is 20.0 Å². The lowest BCUT2D eigenvalue weighted by Gasteiger charge is -2.17. The zero-order chi connectivity index (χ0) is 20.5. The molecule has 0 spiro atoms. The van der Waals surface area contributed by atoms with Crippen LogP contribution in [0.1, 0.15) is 16.8 Å². The van der Waals surface area contributed by atoms with Crippen LogP contribution in [0.4, 0.5) is 10.2 Å². The number of benzene rings is 2. The Balaban J connectivity index is 1.33. The summed E-state index contributed by atoms with van der Waals surface area (Å²) in [6.07, 6.45) is 1.90. The molecule has 0 unspecified atom stereocenters. The Hall–Kier alpha value is -3.74. The third kappa shape index (κ3) is 3.39. The van der Waals surface area contributed by atoms with E-state index >= 15 is 0 Å². The maximum Gasteiger partial charge on any atom is 0.151 e. The fraction of sp³-hybridized carbons (Fsp3) is 0.174. The molecule has 3 heterocycles. The number of fused-ring (bicyclic) bond motifs is 1. The van der Waals surface area contributed by atoms with Crippen LogP contribution in [0.2, 0.25) is 0 Å². The molecule has 2 aromatic heterocycles. The quantitative estimate of drug-likeness (QED) is 0.505. The van der Waals surface area contributed by atoms with Crippen LogP contribution in [0.3, 0.4) is 0 Å². The lowest BCUT2D eigenvalue weighted by atomic mass is 10.1. The number of hydrogen-bond acceptors (Lipinski definition) is 5. The second-order valence-electron chi connectivity index (χ2n) is 7.23. The second-order valence-corrected chi connectivity index (χ2v) is 7.23. The summed E-state index contributed by atoms with van der Waals surface area (Å²) in [5, 5.41) is 13.4. The van der Waals surface area contributed by atoms with E-state index < -0.39 is 0 Å². The Bertz CT molecular complexity index is 1170. The number of hydrogen-bond donors (Lipinski definition) is 0. The van der Waals surface area contributed by atoms with Gasteiger partial charge in [0.25, 0.3) is 0 Å². The van der Waals surface area contributed by atoms with Crippen LogP contribution in [0.5, 0.6) is 5.75 Å². The summed E-state index contributed by atoms with van der Waals surface area (Å²) < 4.78 is 20.5. The molecule has 0 atom stereocenters. The van der Waals surface area contributed by atoms with E-state index in [1.165, 1.54) is 17.7 Å². The van der Waals surface area contributed by atoms with Gasteiger partial charge in [-0.1, -0.05) is 24.3 Å². The highest BCUT2D eigenvalue weighted by atomic mass is 19.1. The fourth-order valence-corrected chi connectivity index (χ4v) is 3.76. The molecule has 0 aliphatic carbocycles. The topological polar surface area (TPSA) is 56.1 Å². The van der Waals surface area contributed by atoms with Crippen LogP contribution in [0.15, 0.2) is 66.9 Å². The van der Waals surface area contributed by atoms with Gasteiger partial charge in [0.15, 0.2) is 5.82 Å². The largest absolute Gasteiger partial charge is 0.496 e. The molecule has 4 aromatic rings. The number of halogens is 1. The molecule has 0 amide bonds. The summed E-state index contributed by atoms with van der Waals surface area (Å²) in [4.78, 5) is 2.17. The van der Waals surface area contributed by atoms with Gasteiger partial charge < -0.3 is 9.64 Å². The molecule has 0 saturated carbocycles. The Morgan fingerprint density at radius 1 is 0.967 bits per heavy atom. The maximum absolute atomic E-state index is 13.2. The van der Waals surface area contributed by atoms with Gasteiger partial charge in [-0.3, -0.25) is 4.68 Å². The van der Waals surface area contributed by atoms with Crippen LogP contribution in [0.25, 0.3) is 11.3 Å². The fourth-order valence-electron chi connectivity index (χ4n) is 3.76. The Morgan fingerprint density at radius 2 is 1.80 bits per heavy atom. The molecule has 6 nitrogen and oxygen atoms in total. The average molecular weight is 401 g/mol. The predicted molar refractivity (Wildman–Crippen MR) is 112 cm³/mol. The number of rotatable bonds is 5. The normalized spacial score (nSPS) is 12.8. The monoisotopic (exact) mass is 401 g/mol. The first-order valence-corrected chi connectivity index (χ1v) is 9.71. The highest BCUT2D eigenvalue weighted by Gasteiger charge is 2.25. The number of ether oxygens (including phenoxy) is 1. The lowest BCUT2D eigenvalue weighted by Crippen LogP contribution is -2.18. The number of para-hydroxylation sites is 1. The molecule has 30 heavy (non-hydrogen) atoms. The summed E-state index contributed by atoms with van der Waals surface area (Å²) in [7, 11) is 1.65. The molecule has 5 rings (SSSR count). The third-order valence-corrected chi connectivity index (χ3v) is 5.34. The summed E-state index contributed by atoms with van der Waals surface area (Å²) in [5.41, 5.74) is 5.03. The van der Waals surface area contributed by atoms with Crippen LogP contribution >= 0.6 is 0 Å². The van der Waals surface area contributed by atoms with Crippen LogP contribution < -0.4 is 9.64 Å². The van der Waals surface area contributed by atoms with Crippen LogP contribution in [0, 0.1) is 5.82 Å².